The maximum atomic E-state index is 11.5. The van der Waals surface area contributed by atoms with Gasteiger partial charge in [0.25, 0.3) is 5.91 Å². The number of para-hydroxylation sites is 1. The molecule has 0 spiro atoms. The molecule has 1 rings (SSSR count). The van der Waals surface area contributed by atoms with Gasteiger partial charge >= 0.3 is 0 Å². The number of hydrogen-bond donors (Lipinski definition) is 2. The summed E-state index contributed by atoms with van der Waals surface area (Å²) in [5.74, 6) is -0.256. The van der Waals surface area contributed by atoms with E-state index in [4.69, 9.17) is 21.1 Å². The van der Waals surface area contributed by atoms with Crippen LogP contribution in [0.15, 0.2) is 24.3 Å². The van der Waals surface area contributed by atoms with Gasteiger partial charge < -0.3 is 20.1 Å². The average molecular weight is 301 g/mol. The van der Waals surface area contributed by atoms with Crippen LogP contribution in [0.2, 0.25) is 5.02 Å². The van der Waals surface area contributed by atoms with E-state index >= 15 is 0 Å². The summed E-state index contributed by atoms with van der Waals surface area (Å²) in [6.07, 6.45) is 0. The Bertz CT molecular complexity index is 454. The first kappa shape index (κ1) is 16.3. The predicted octanol–water partition coefficient (Wildman–Crippen LogP) is 0.598. The average Bonchev–Trinajstić information content (AvgIpc) is 2.44. The van der Waals surface area contributed by atoms with Gasteiger partial charge in [-0.05, 0) is 12.1 Å². The van der Waals surface area contributed by atoms with E-state index in [0.717, 1.165) is 0 Å². The van der Waals surface area contributed by atoms with Crippen LogP contribution >= 0.6 is 11.6 Å². The topological polar surface area (TPSA) is 76.7 Å². The molecular formula is C13H17ClN2O4. The molecule has 20 heavy (non-hydrogen) atoms. The summed E-state index contributed by atoms with van der Waals surface area (Å²) in [6.45, 7) is 0.528. The van der Waals surface area contributed by atoms with Crippen LogP contribution in [-0.2, 0) is 14.3 Å². The lowest BCUT2D eigenvalue weighted by atomic mass is 10.3. The lowest BCUT2D eigenvalue weighted by Gasteiger charge is -2.08. The third-order valence-corrected chi connectivity index (χ3v) is 2.58. The van der Waals surface area contributed by atoms with Crippen LogP contribution in [0.5, 0.6) is 5.75 Å². The van der Waals surface area contributed by atoms with Crippen LogP contribution in [0.3, 0.4) is 0 Å². The Morgan fingerprint density at radius 1 is 1.20 bits per heavy atom. The van der Waals surface area contributed by atoms with Crippen LogP contribution in [-0.4, -0.2) is 45.2 Å². The molecule has 7 heteroatoms. The van der Waals surface area contributed by atoms with Gasteiger partial charge in [-0.3, -0.25) is 9.59 Å². The highest BCUT2D eigenvalue weighted by Gasteiger charge is 2.07. The second kappa shape index (κ2) is 9.17. The maximum Gasteiger partial charge on any atom is 0.258 e. The molecule has 0 fully saturated rings. The van der Waals surface area contributed by atoms with Crippen LogP contribution < -0.4 is 15.4 Å². The number of hydrogen-bond acceptors (Lipinski definition) is 4. The molecule has 110 valence electrons. The van der Waals surface area contributed by atoms with E-state index in [1.54, 1.807) is 31.4 Å². The van der Waals surface area contributed by atoms with Crippen LogP contribution in [0.25, 0.3) is 0 Å². The molecule has 0 atom stereocenters. The third-order valence-electron chi connectivity index (χ3n) is 2.27. The molecule has 0 aromatic heterocycles. The van der Waals surface area contributed by atoms with Gasteiger partial charge in [0.15, 0.2) is 6.61 Å². The monoisotopic (exact) mass is 300 g/mol. The number of rotatable bonds is 8. The van der Waals surface area contributed by atoms with Crippen molar-refractivity contribution in [2.24, 2.45) is 0 Å². The Labute approximate surface area is 122 Å². The highest BCUT2D eigenvalue weighted by molar-refractivity contribution is 6.32. The Hall–Kier alpha value is -1.79. The number of methoxy groups -OCH3 is 1. The van der Waals surface area contributed by atoms with Crippen molar-refractivity contribution in [2.75, 3.05) is 33.4 Å². The first-order valence-electron chi connectivity index (χ1n) is 6.03. The summed E-state index contributed by atoms with van der Waals surface area (Å²) in [4.78, 5) is 22.8. The molecule has 0 aliphatic carbocycles. The smallest absolute Gasteiger partial charge is 0.258 e. The van der Waals surface area contributed by atoms with Gasteiger partial charge in [-0.2, -0.15) is 0 Å². The number of halogens is 1. The molecule has 0 radical (unpaired) electrons. The molecule has 6 nitrogen and oxygen atoms in total. The van der Waals surface area contributed by atoms with Gasteiger partial charge in [0, 0.05) is 13.7 Å². The maximum absolute atomic E-state index is 11.5. The zero-order chi connectivity index (χ0) is 14.8. The minimum Gasteiger partial charge on any atom is -0.482 e. The van der Waals surface area contributed by atoms with Gasteiger partial charge in [0.2, 0.25) is 5.91 Å². The molecule has 0 aliphatic heterocycles. The number of ether oxygens (including phenoxy) is 2. The van der Waals surface area contributed by atoms with Gasteiger partial charge in [-0.15, -0.1) is 0 Å². The van der Waals surface area contributed by atoms with Crippen molar-refractivity contribution in [3.05, 3.63) is 29.3 Å². The lowest BCUT2D eigenvalue weighted by Crippen LogP contribution is -2.39. The zero-order valence-electron chi connectivity index (χ0n) is 11.1. The summed E-state index contributed by atoms with van der Waals surface area (Å²) in [5, 5.41) is 5.45. The molecule has 0 saturated heterocycles. The van der Waals surface area contributed by atoms with E-state index in [0.29, 0.717) is 23.9 Å². The molecule has 2 N–H and O–H groups in total. The van der Waals surface area contributed by atoms with Gasteiger partial charge in [-0.1, -0.05) is 23.7 Å². The Balaban J connectivity index is 2.21. The minimum absolute atomic E-state index is 0.103. The van der Waals surface area contributed by atoms with Crippen LogP contribution in [0.1, 0.15) is 0 Å². The van der Waals surface area contributed by atoms with Crippen molar-refractivity contribution in [1.82, 2.24) is 10.6 Å². The number of carbonyl (C=O) groups is 2. The van der Waals surface area contributed by atoms with Crippen LogP contribution in [0.4, 0.5) is 0 Å². The summed E-state index contributed by atoms with van der Waals surface area (Å²) >= 11 is 5.87. The molecule has 0 saturated carbocycles. The zero-order valence-corrected chi connectivity index (χ0v) is 11.9. The van der Waals surface area contributed by atoms with E-state index < -0.39 is 5.91 Å². The van der Waals surface area contributed by atoms with Gasteiger partial charge in [0.05, 0.1) is 18.2 Å². The Kier molecular flexibility index (Phi) is 7.46. The fourth-order valence-corrected chi connectivity index (χ4v) is 1.48. The molecule has 1 aromatic carbocycles. The number of nitrogens with one attached hydrogen (secondary N) is 2. The Morgan fingerprint density at radius 3 is 2.65 bits per heavy atom. The molecular weight excluding hydrogens is 284 g/mol. The number of amides is 2. The van der Waals surface area contributed by atoms with Crippen molar-refractivity contribution in [2.45, 2.75) is 0 Å². The third kappa shape index (κ3) is 6.40. The van der Waals surface area contributed by atoms with Gasteiger partial charge in [0.1, 0.15) is 5.75 Å². The van der Waals surface area contributed by atoms with Crippen molar-refractivity contribution < 1.29 is 19.1 Å². The summed E-state index contributed by atoms with van der Waals surface area (Å²) in [5.41, 5.74) is 0. The number of carbonyl (C=O) groups excluding carboxylic acids is 2. The number of benzene rings is 1. The fraction of sp³-hybridized carbons (Fsp3) is 0.385. The Morgan fingerprint density at radius 2 is 1.95 bits per heavy atom. The molecule has 0 bridgehead atoms. The first-order valence-corrected chi connectivity index (χ1v) is 6.41. The van der Waals surface area contributed by atoms with Crippen LogP contribution in [0, 0.1) is 0 Å². The van der Waals surface area contributed by atoms with Crippen molar-refractivity contribution in [3.8, 4) is 5.75 Å². The van der Waals surface area contributed by atoms with Gasteiger partial charge in [-0.25, -0.2) is 0 Å². The quantitative estimate of drug-likeness (QED) is 0.689. The SMILES string of the molecule is COCCNC(=O)CNC(=O)COc1ccccc1Cl. The minimum atomic E-state index is -0.396. The molecule has 1 aromatic rings. The normalized spacial score (nSPS) is 9.90. The van der Waals surface area contributed by atoms with E-state index in [1.165, 1.54) is 0 Å². The fourth-order valence-electron chi connectivity index (χ4n) is 1.29. The van der Waals surface area contributed by atoms with E-state index in [1.807, 2.05) is 0 Å². The highest BCUT2D eigenvalue weighted by atomic mass is 35.5. The van der Waals surface area contributed by atoms with Crippen molar-refractivity contribution in [3.63, 3.8) is 0 Å². The largest absolute Gasteiger partial charge is 0.482 e. The van der Waals surface area contributed by atoms with Crippen molar-refractivity contribution in [1.29, 1.82) is 0 Å². The standard InChI is InChI=1S/C13H17ClN2O4/c1-19-7-6-15-12(17)8-16-13(18)9-20-11-5-3-2-4-10(11)14/h2-5H,6-9H2,1H3,(H,15,17)(H,16,18). The second-order valence-electron chi connectivity index (χ2n) is 3.84. The predicted molar refractivity (Wildman–Crippen MR) is 74.8 cm³/mol. The summed E-state index contributed by atoms with van der Waals surface area (Å²) < 4.78 is 10.0. The summed E-state index contributed by atoms with van der Waals surface area (Å²) in [7, 11) is 1.54. The molecule has 0 aliphatic rings. The molecule has 0 unspecified atom stereocenters. The lowest BCUT2D eigenvalue weighted by molar-refractivity contribution is -0.127. The molecule has 2 amide bonds. The summed E-state index contributed by atoms with van der Waals surface area (Å²) in [6, 6.07) is 6.84. The molecule has 0 heterocycles. The van der Waals surface area contributed by atoms with E-state index in [2.05, 4.69) is 10.6 Å². The van der Waals surface area contributed by atoms with E-state index in [-0.39, 0.29) is 19.1 Å². The van der Waals surface area contributed by atoms with E-state index in [9.17, 15) is 9.59 Å². The van der Waals surface area contributed by atoms with Crippen molar-refractivity contribution >= 4 is 23.4 Å². The highest BCUT2D eigenvalue weighted by Crippen LogP contribution is 2.22. The first-order chi connectivity index (χ1) is 9.63. The second-order valence-corrected chi connectivity index (χ2v) is 4.25.